The minimum absolute atomic E-state index is 0.272. The van der Waals surface area contributed by atoms with E-state index in [4.69, 9.17) is 0 Å². The molecule has 1 aromatic carbocycles. The summed E-state index contributed by atoms with van der Waals surface area (Å²) < 4.78 is 68.3. The average molecular weight is 548 g/mol. The van der Waals surface area contributed by atoms with Crippen molar-refractivity contribution in [2.75, 3.05) is 32.8 Å². The smallest absolute Gasteiger partial charge is 0.456 e. The summed E-state index contributed by atoms with van der Waals surface area (Å²) >= 11 is 0. The fraction of sp³-hybridized carbons (Fsp3) is 0.385. The minimum Gasteiger partial charge on any atom is -0.471 e. The zero-order valence-corrected chi connectivity index (χ0v) is 21.0. The minimum atomic E-state index is -5.72. The summed E-state index contributed by atoms with van der Waals surface area (Å²) in [4.78, 5) is 22.6. The number of alkyl halides is 5. The zero-order valence-electron chi connectivity index (χ0n) is 21.0. The molecule has 0 bridgehead atoms. The molecule has 0 aliphatic carbocycles. The molecule has 0 spiro atoms. The number of aromatic amines is 1. The number of hydrogen-bond acceptors (Lipinski definition) is 7. The van der Waals surface area contributed by atoms with Crippen LogP contribution in [0.3, 0.4) is 0 Å². The van der Waals surface area contributed by atoms with Crippen LogP contribution >= 0.6 is 0 Å². The van der Waals surface area contributed by atoms with Gasteiger partial charge in [0.25, 0.3) is 0 Å². The molecule has 13 heteroatoms. The summed E-state index contributed by atoms with van der Waals surface area (Å²) in [6.07, 6.45) is -2.38. The monoisotopic (exact) mass is 547 g/mol. The van der Waals surface area contributed by atoms with Crippen molar-refractivity contribution >= 4 is 11.0 Å². The summed E-state index contributed by atoms with van der Waals surface area (Å²) in [5, 5.41) is 3.37. The zero-order chi connectivity index (χ0) is 27.6. The molecule has 1 aliphatic rings. The van der Waals surface area contributed by atoms with Gasteiger partial charge in [0, 0.05) is 62.2 Å². The molecule has 8 nitrogen and oxygen atoms in total. The lowest BCUT2D eigenvalue weighted by Crippen LogP contribution is -2.44. The fourth-order valence-electron chi connectivity index (χ4n) is 4.43. The van der Waals surface area contributed by atoms with E-state index in [1.807, 2.05) is 12.3 Å². The summed E-state index contributed by atoms with van der Waals surface area (Å²) in [7, 11) is 0. The van der Waals surface area contributed by atoms with Crippen LogP contribution in [0.25, 0.3) is 22.3 Å². The highest BCUT2D eigenvalue weighted by molar-refractivity contribution is 5.81. The number of H-pyrrole nitrogens is 1. The van der Waals surface area contributed by atoms with Gasteiger partial charge >= 0.3 is 12.1 Å². The van der Waals surface area contributed by atoms with Crippen LogP contribution in [0.4, 0.5) is 22.0 Å². The Morgan fingerprint density at radius 2 is 1.79 bits per heavy atom. The summed E-state index contributed by atoms with van der Waals surface area (Å²) in [5.74, 6) is -4.68. The van der Waals surface area contributed by atoms with Gasteiger partial charge in [0.15, 0.2) is 6.61 Å². The van der Waals surface area contributed by atoms with Crippen LogP contribution in [0, 0.1) is 0 Å². The normalized spacial score (nSPS) is 15.9. The Bertz CT molecular complexity index is 1440. The number of benzene rings is 1. The topological polar surface area (TPSA) is 91.9 Å². The first-order valence-corrected chi connectivity index (χ1v) is 12.4. The number of aromatic nitrogens is 5. The molecule has 3 aromatic heterocycles. The number of piperazine rings is 1. The SMILES string of the molecule is CC(c1ccnc(Cc2nc3ccc(-c4cc(OCC(F)(F)C(F)(F)F)ncn4)cc3[nH]2)c1)N1CCNCC1. The first kappa shape index (κ1) is 26.9. The molecule has 4 aromatic rings. The van der Waals surface area contributed by atoms with Gasteiger partial charge in [0.05, 0.1) is 16.7 Å². The molecule has 0 saturated carbocycles. The molecule has 2 N–H and O–H groups in total. The third kappa shape index (κ3) is 6.14. The van der Waals surface area contributed by atoms with E-state index >= 15 is 0 Å². The van der Waals surface area contributed by atoms with Gasteiger partial charge in [-0.25, -0.2) is 15.0 Å². The summed E-state index contributed by atoms with van der Waals surface area (Å²) in [6.45, 7) is 4.24. The largest absolute Gasteiger partial charge is 0.471 e. The van der Waals surface area contributed by atoms with E-state index in [-0.39, 0.29) is 6.04 Å². The van der Waals surface area contributed by atoms with Crippen LogP contribution in [0.5, 0.6) is 5.88 Å². The Morgan fingerprint density at radius 1 is 1.00 bits per heavy atom. The van der Waals surface area contributed by atoms with E-state index in [0.29, 0.717) is 34.5 Å². The molecule has 1 aliphatic heterocycles. The van der Waals surface area contributed by atoms with Gasteiger partial charge in [0.1, 0.15) is 12.2 Å². The van der Waals surface area contributed by atoms with Crippen LogP contribution in [0.15, 0.2) is 48.9 Å². The van der Waals surface area contributed by atoms with Crippen LogP contribution in [-0.2, 0) is 6.42 Å². The van der Waals surface area contributed by atoms with E-state index in [1.54, 1.807) is 18.2 Å². The maximum atomic E-state index is 13.2. The van der Waals surface area contributed by atoms with Crippen LogP contribution in [-0.4, -0.2) is 74.7 Å². The van der Waals surface area contributed by atoms with Crippen LogP contribution in [0.2, 0.25) is 0 Å². The molecule has 1 atom stereocenters. The van der Waals surface area contributed by atoms with Gasteiger partial charge in [-0.2, -0.15) is 22.0 Å². The Balaban J connectivity index is 1.30. The van der Waals surface area contributed by atoms with E-state index in [9.17, 15) is 22.0 Å². The maximum Gasteiger partial charge on any atom is 0.456 e. The van der Waals surface area contributed by atoms with Gasteiger partial charge in [-0.1, -0.05) is 6.07 Å². The number of halogens is 5. The summed E-state index contributed by atoms with van der Waals surface area (Å²) in [5.41, 5.74) is 4.35. The second kappa shape index (κ2) is 10.8. The maximum absolute atomic E-state index is 13.2. The molecule has 1 unspecified atom stereocenters. The van der Waals surface area contributed by atoms with Gasteiger partial charge in [-0.15, -0.1) is 0 Å². The van der Waals surface area contributed by atoms with Crippen molar-refractivity contribution in [2.45, 2.75) is 31.5 Å². The molecular weight excluding hydrogens is 521 g/mol. The Morgan fingerprint density at radius 3 is 2.56 bits per heavy atom. The quantitative estimate of drug-likeness (QED) is 0.313. The van der Waals surface area contributed by atoms with Gasteiger partial charge in [0.2, 0.25) is 5.88 Å². The first-order chi connectivity index (χ1) is 18.6. The number of nitrogens with zero attached hydrogens (tertiary/aromatic N) is 5. The lowest BCUT2D eigenvalue weighted by atomic mass is 10.1. The Hall–Kier alpha value is -3.71. The van der Waals surface area contributed by atoms with Crippen LogP contribution < -0.4 is 10.1 Å². The predicted molar refractivity (Wildman–Crippen MR) is 134 cm³/mol. The van der Waals surface area contributed by atoms with Gasteiger partial charge < -0.3 is 15.0 Å². The highest BCUT2D eigenvalue weighted by Gasteiger charge is 2.58. The van der Waals surface area contributed by atoms with E-state index < -0.39 is 24.6 Å². The van der Waals surface area contributed by atoms with Crippen molar-refractivity contribution in [3.05, 3.63) is 66.0 Å². The number of pyridine rings is 1. The van der Waals surface area contributed by atoms with E-state index in [1.165, 1.54) is 11.6 Å². The molecular formula is C26H26F5N7O. The highest BCUT2D eigenvalue weighted by atomic mass is 19.4. The first-order valence-electron chi connectivity index (χ1n) is 12.4. The van der Waals surface area contributed by atoms with Crippen LogP contribution in [0.1, 0.15) is 30.0 Å². The third-order valence-electron chi connectivity index (χ3n) is 6.66. The van der Waals surface area contributed by atoms with Gasteiger partial charge in [-0.05, 0) is 36.8 Å². The fourth-order valence-corrected chi connectivity index (χ4v) is 4.43. The van der Waals surface area contributed by atoms with Crippen molar-refractivity contribution in [2.24, 2.45) is 0 Å². The molecule has 4 heterocycles. The number of fused-ring (bicyclic) bond motifs is 1. The lowest BCUT2D eigenvalue weighted by Gasteiger charge is -2.33. The van der Waals surface area contributed by atoms with Crippen molar-refractivity contribution < 1.29 is 26.7 Å². The molecule has 206 valence electrons. The molecule has 1 fully saturated rings. The number of hydrogen-bond donors (Lipinski definition) is 2. The number of rotatable bonds is 8. The number of ether oxygens (including phenoxy) is 1. The Labute approximate surface area is 220 Å². The predicted octanol–water partition coefficient (Wildman–Crippen LogP) is 4.55. The Kier molecular flexibility index (Phi) is 7.45. The van der Waals surface area contributed by atoms with Crippen molar-refractivity contribution in [1.82, 2.24) is 35.1 Å². The van der Waals surface area contributed by atoms with E-state index in [2.05, 4.69) is 52.9 Å². The average Bonchev–Trinajstić information content (AvgIpc) is 3.33. The van der Waals surface area contributed by atoms with Crippen molar-refractivity contribution in [1.29, 1.82) is 0 Å². The molecule has 39 heavy (non-hydrogen) atoms. The number of nitrogens with one attached hydrogen (secondary N) is 2. The van der Waals surface area contributed by atoms with E-state index in [0.717, 1.165) is 38.2 Å². The van der Waals surface area contributed by atoms with Crippen molar-refractivity contribution in [3.8, 4) is 17.1 Å². The molecule has 1 saturated heterocycles. The van der Waals surface area contributed by atoms with Crippen molar-refractivity contribution in [3.63, 3.8) is 0 Å². The molecule has 0 amide bonds. The third-order valence-corrected chi connectivity index (χ3v) is 6.66. The van der Waals surface area contributed by atoms with Gasteiger partial charge in [-0.3, -0.25) is 9.88 Å². The molecule has 5 rings (SSSR count). The standard InChI is InChI=1S/C26H26F5N7O/c1-16(38-8-6-32-7-9-38)17-4-5-33-19(10-17)12-23-36-20-3-2-18(11-22(20)37-23)21-13-24(35-15-34-21)39-14-25(27,28)26(29,30)31/h2-5,10-11,13,15-16,32H,6-9,12,14H2,1H3,(H,36,37). The highest BCUT2D eigenvalue weighted by Crippen LogP contribution is 2.36. The number of imidazole rings is 1. The summed E-state index contributed by atoms with van der Waals surface area (Å²) in [6, 6.07) is 10.9. The second-order valence-electron chi connectivity index (χ2n) is 9.37. The second-order valence-corrected chi connectivity index (χ2v) is 9.37. The lowest BCUT2D eigenvalue weighted by molar-refractivity contribution is -0.290. The molecule has 0 radical (unpaired) electrons.